The average molecular weight is 676 g/mol. The van der Waals surface area contributed by atoms with Gasteiger partial charge in [0.1, 0.15) is 0 Å². The Kier molecular flexibility index (Phi) is 12.2. The van der Waals surface area contributed by atoms with E-state index in [1.807, 2.05) is 0 Å². The average Bonchev–Trinajstić information content (AvgIpc) is 2.91. The van der Waals surface area contributed by atoms with Crippen molar-refractivity contribution in [1.29, 1.82) is 5.41 Å². The molecule has 4 saturated carbocycles. The summed E-state index contributed by atoms with van der Waals surface area (Å²) in [5.41, 5.74) is -1.91. The van der Waals surface area contributed by atoms with Gasteiger partial charge in [-0.3, -0.25) is 5.41 Å². The van der Waals surface area contributed by atoms with Crippen molar-refractivity contribution in [1.82, 2.24) is 9.80 Å². The van der Waals surface area contributed by atoms with Crippen LogP contribution in [0.15, 0.2) is 0 Å². The van der Waals surface area contributed by atoms with E-state index in [-0.39, 0.29) is 23.7 Å². The molecule has 0 aromatic carbocycles. The van der Waals surface area contributed by atoms with Gasteiger partial charge in [0.25, 0.3) is 0 Å². The molecule has 12 atom stereocenters. The van der Waals surface area contributed by atoms with Crippen LogP contribution in [0, 0.1) is 52.8 Å². The van der Waals surface area contributed by atoms with Gasteiger partial charge >= 0.3 is 0 Å². The highest BCUT2D eigenvalue weighted by Crippen LogP contribution is 2.52. The van der Waals surface area contributed by atoms with E-state index >= 15 is 0 Å². The molecule has 0 radical (unpaired) electrons. The van der Waals surface area contributed by atoms with E-state index in [0.29, 0.717) is 55.3 Å². The van der Waals surface area contributed by atoms with Gasteiger partial charge in [0.2, 0.25) is 0 Å². The van der Waals surface area contributed by atoms with Crippen LogP contribution in [0.25, 0.3) is 0 Å². The number of nitrogens with one attached hydrogen (secondary N) is 1. The summed E-state index contributed by atoms with van der Waals surface area (Å²) in [6.07, 6.45) is 7.71. The molecule has 4 aliphatic rings. The third-order valence-electron chi connectivity index (χ3n) is 14.6. The van der Waals surface area contributed by atoms with Crippen molar-refractivity contribution in [2.45, 2.75) is 207 Å². The van der Waals surface area contributed by atoms with E-state index in [4.69, 9.17) is 0 Å². The van der Waals surface area contributed by atoms with Gasteiger partial charge in [0, 0.05) is 22.2 Å². The van der Waals surface area contributed by atoms with Crippen LogP contribution in [-0.4, -0.2) is 82.8 Å². The highest BCUT2D eigenvalue weighted by Gasteiger charge is 2.58. The maximum absolute atomic E-state index is 11.7. The van der Waals surface area contributed by atoms with Crippen LogP contribution >= 0.6 is 0 Å². The number of hydrogen-bond acceptors (Lipinski definition) is 5. The highest BCUT2D eigenvalue weighted by molar-refractivity contribution is 5.80. The van der Waals surface area contributed by atoms with E-state index in [9.17, 15) is 25.8 Å². The summed E-state index contributed by atoms with van der Waals surface area (Å²) >= 11 is 0. The summed E-state index contributed by atoms with van der Waals surface area (Å²) in [5.74, 6) is 2.97. The Morgan fingerprint density at radius 1 is 0.458 bits per heavy atom. The Hall–Kier alpha value is -0.890. The molecule has 0 bridgehead atoms. The number of aliphatic hydroxyl groups is 4. The summed E-state index contributed by atoms with van der Waals surface area (Å²) in [5, 5.41) is 57.4. The van der Waals surface area contributed by atoms with Crippen molar-refractivity contribution >= 4 is 5.96 Å². The van der Waals surface area contributed by atoms with Crippen molar-refractivity contribution in [2.24, 2.45) is 47.3 Å². The van der Waals surface area contributed by atoms with Crippen molar-refractivity contribution in [3.8, 4) is 0 Å². The molecule has 5 N–H and O–H groups in total. The Balaban J connectivity index is 1.85. The summed E-state index contributed by atoms with van der Waals surface area (Å²) in [7, 11) is 0. The molecule has 7 heteroatoms. The fraction of sp³-hybridized carbons (Fsp3) is 0.976. The molecule has 7 nitrogen and oxygen atoms in total. The SMILES string of the molecule is CC(C)C1CCC(C)(N(C(=N)N(C2(C)CCC(C(C)C)C(O)C2)C2(C)CCC(C(C)C)C(O)C2)C2(C)CCC(C(C)C)C(O)C2)CC1O. The predicted octanol–water partition coefficient (Wildman–Crippen LogP) is 7.83. The second-order valence-electron chi connectivity index (χ2n) is 19.9. The largest absolute Gasteiger partial charge is 0.393 e. The zero-order valence-corrected chi connectivity index (χ0v) is 33.1. The number of aliphatic hydroxyl groups excluding tert-OH is 4. The summed E-state index contributed by atoms with van der Waals surface area (Å²) in [6, 6.07) is 0. The van der Waals surface area contributed by atoms with Gasteiger partial charge in [-0.2, -0.15) is 0 Å². The molecule has 0 aromatic rings. The Bertz CT molecular complexity index is 940. The van der Waals surface area contributed by atoms with Crippen LogP contribution in [0.3, 0.4) is 0 Å². The van der Waals surface area contributed by atoms with Gasteiger partial charge in [0.05, 0.1) is 24.4 Å². The zero-order valence-electron chi connectivity index (χ0n) is 33.1. The molecule has 280 valence electrons. The smallest absolute Gasteiger partial charge is 0.195 e. The lowest BCUT2D eigenvalue weighted by Crippen LogP contribution is -2.74. The number of hydrogen-bond donors (Lipinski definition) is 5. The summed E-state index contributed by atoms with van der Waals surface area (Å²) < 4.78 is 0. The predicted molar refractivity (Wildman–Crippen MR) is 198 cm³/mol. The van der Waals surface area contributed by atoms with Gasteiger partial charge in [-0.1, -0.05) is 55.4 Å². The number of nitrogens with zero attached hydrogens (tertiary/aromatic N) is 2. The maximum atomic E-state index is 11.7. The van der Waals surface area contributed by atoms with Gasteiger partial charge in [-0.05, 0) is 152 Å². The number of guanidine groups is 1. The lowest BCUT2D eigenvalue weighted by molar-refractivity contribution is -0.113. The van der Waals surface area contributed by atoms with E-state index in [1.54, 1.807) is 0 Å². The minimum Gasteiger partial charge on any atom is -0.393 e. The first-order valence-corrected chi connectivity index (χ1v) is 20.0. The van der Waals surface area contributed by atoms with Crippen LogP contribution in [0.4, 0.5) is 0 Å². The normalized spacial score (nSPS) is 44.4. The molecule has 0 amide bonds. The number of rotatable bonds is 8. The maximum Gasteiger partial charge on any atom is 0.195 e. The third kappa shape index (κ3) is 7.65. The highest BCUT2D eigenvalue weighted by atomic mass is 16.3. The summed E-state index contributed by atoms with van der Waals surface area (Å²) in [4.78, 5) is 4.77. The lowest BCUT2D eigenvalue weighted by Gasteiger charge is -2.65. The molecule has 0 heterocycles. The van der Waals surface area contributed by atoms with Crippen molar-refractivity contribution < 1.29 is 20.4 Å². The topological polar surface area (TPSA) is 111 Å². The van der Waals surface area contributed by atoms with Crippen LogP contribution < -0.4 is 0 Å². The van der Waals surface area contributed by atoms with Gasteiger partial charge in [0.15, 0.2) is 5.96 Å². The van der Waals surface area contributed by atoms with Crippen molar-refractivity contribution in [2.75, 3.05) is 0 Å². The monoisotopic (exact) mass is 676 g/mol. The lowest BCUT2D eigenvalue weighted by atomic mass is 9.65. The molecule has 4 aliphatic carbocycles. The molecule has 0 aromatic heterocycles. The van der Waals surface area contributed by atoms with E-state index in [1.165, 1.54) is 0 Å². The molecule has 12 unspecified atom stereocenters. The van der Waals surface area contributed by atoms with Gasteiger partial charge in [-0.25, -0.2) is 0 Å². The molecule has 48 heavy (non-hydrogen) atoms. The Labute approximate surface area is 295 Å². The third-order valence-corrected chi connectivity index (χ3v) is 14.6. The molecule has 0 saturated heterocycles. The fourth-order valence-electron chi connectivity index (χ4n) is 11.8. The van der Waals surface area contributed by atoms with Gasteiger partial charge in [-0.15, -0.1) is 0 Å². The van der Waals surface area contributed by atoms with Crippen LogP contribution in [0.5, 0.6) is 0 Å². The molecule has 4 rings (SSSR count). The van der Waals surface area contributed by atoms with Crippen molar-refractivity contribution in [3.63, 3.8) is 0 Å². The molecule has 4 fully saturated rings. The Morgan fingerprint density at radius 2 is 0.646 bits per heavy atom. The molecular formula is C41H77N3O4. The van der Waals surface area contributed by atoms with Crippen LogP contribution in [0.2, 0.25) is 0 Å². The minimum absolute atomic E-state index is 0.234. The molecule has 0 aliphatic heterocycles. The van der Waals surface area contributed by atoms with Crippen molar-refractivity contribution in [3.05, 3.63) is 0 Å². The summed E-state index contributed by atoms with van der Waals surface area (Å²) in [6.45, 7) is 26.8. The van der Waals surface area contributed by atoms with Crippen LogP contribution in [-0.2, 0) is 0 Å². The first kappa shape index (κ1) is 39.9. The first-order chi connectivity index (χ1) is 22.1. The minimum atomic E-state index is -0.479. The second kappa shape index (κ2) is 14.6. The van der Waals surface area contributed by atoms with E-state index in [2.05, 4.69) is 92.9 Å². The standard InChI is InChI=1S/C41H77N3O4/c1-25(2)29-13-17-38(9,21-33(29)45)43(39(10)18-14-30(26(3)4)34(46)22-39)37(42)44(40(11)19-15-31(27(5)6)35(47)23-40)41(12)20-16-32(28(7)8)36(48)24-41/h25-36,42,45-48H,13-24H2,1-12H3. The Morgan fingerprint density at radius 3 is 0.792 bits per heavy atom. The van der Waals surface area contributed by atoms with E-state index in [0.717, 1.165) is 51.4 Å². The first-order valence-electron chi connectivity index (χ1n) is 20.0. The second-order valence-corrected chi connectivity index (χ2v) is 19.9. The zero-order chi connectivity index (χ0) is 36.1. The van der Waals surface area contributed by atoms with E-state index < -0.39 is 46.6 Å². The fourth-order valence-corrected chi connectivity index (χ4v) is 11.8. The quantitative estimate of drug-likeness (QED) is 0.133. The van der Waals surface area contributed by atoms with Gasteiger partial charge < -0.3 is 30.2 Å². The molecule has 0 spiro atoms. The molecular weight excluding hydrogens is 598 g/mol. The van der Waals surface area contributed by atoms with Crippen LogP contribution in [0.1, 0.15) is 160 Å².